The molecule has 0 amide bonds. The van der Waals surface area contributed by atoms with Crippen LogP contribution in [0.3, 0.4) is 0 Å². The highest BCUT2D eigenvalue weighted by Crippen LogP contribution is 2.32. The van der Waals surface area contributed by atoms with Gasteiger partial charge in [-0.3, -0.25) is 9.80 Å². The summed E-state index contributed by atoms with van der Waals surface area (Å²) in [6.07, 6.45) is -2.09. The Hall–Kier alpha value is -0.290. The largest absolute Gasteiger partial charge is 0.389 e. The zero-order chi connectivity index (χ0) is 13.3. The van der Waals surface area contributed by atoms with E-state index in [1.54, 1.807) is 0 Å². The number of nitrogens with zero attached hydrogens (tertiary/aromatic N) is 2. The van der Waals surface area contributed by atoms with Crippen molar-refractivity contribution in [1.29, 1.82) is 0 Å². The molecule has 2 aliphatic heterocycles. The van der Waals surface area contributed by atoms with Gasteiger partial charge in [0, 0.05) is 37.6 Å². The molecule has 2 bridgehead atoms. The van der Waals surface area contributed by atoms with Gasteiger partial charge in [-0.05, 0) is 39.7 Å². The summed E-state index contributed by atoms with van der Waals surface area (Å²) < 4.78 is 36.5. The monoisotopic (exact) mass is 264 g/mol. The van der Waals surface area contributed by atoms with Crippen molar-refractivity contribution in [3.05, 3.63) is 0 Å². The maximum atomic E-state index is 12.2. The quantitative estimate of drug-likeness (QED) is 0.770. The third-order valence-electron chi connectivity index (χ3n) is 4.27. The van der Waals surface area contributed by atoms with Crippen LogP contribution in [0.5, 0.6) is 0 Å². The van der Waals surface area contributed by atoms with Crippen LogP contribution in [0.15, 0.2) is 0 Å². The maximum absolute atomic E-state index is 12.2. The van der Waals surface area contributed by atoms with E-state index in [9.17, 15) is 13.2 Å². The number of likely N-dealkylation sites (tertiary alicyclic amines) is 1. The number of halogens is 3. The van der Waals surface area contributed by atoms with Gasteiger partial charge in [0.05, 0.1) is 0 Å². The Morgan fingerprint density at radius 1 is 1.11 bits per heavy atom. The zero-order valence-corrected chi connectivity index (χ0v) is 11.2. The lowest BCUT2D eigenvalue weighted by Crippen LogP contribution is -2.55. The summed E-state index contributed by atoms with van der Waals surface area (Å²) in [6.45, 7) is 7.05. The van der Waals surface area contributed by atoms with Gasteiger partial charge < -0.3 is 0 Å². The van der Waals surface area contributed by atoms with Crippen LogP contribution in [0.2, 0.25) is 0 Å². The fourth-order valence-corrected chi connectivity index (χ4v) is 3.27. The van der Waals surface area contributed by atoms with E-state index in [-0.39, 0.29) is 6.42 Å². The van der Waals surface area contributed by atoms with Gasteiger partial charge >= 0.3 is 6.18 Å². The van der Waals surface area contributed by atoms with E-state index in [0.29, 0.717) is 24.7 Å². The molecule has 2 nitrogen and oxygen atoms in total. The summed E-state index contributed by atoms with van der Waals surface area (Å²) in [5, 5.41) is 0. The highest BCUT2D eigenvalue weighted by atomic mass is 19.4. The van der Waals surface area contributed by atoms with Crippen molar-refractivity contribution in [3.63, 3.8) is 0 Å². The topological polar surface area (TPSA) is 6.48 Å². The SMILES string of the molecule is CC(C)N1CC2CCC(C1)N2CCCC(F)(F)F. The number of alkyl halides is 3. The van der Waals surface area contributed by atoms with Crippen LogP contribution in [0.4, 0.5) is 13.2 Å². The third kappa shape index (κ3) is 3.38. The molecule has 2 unspecified atom stereocenters. The molecule has 0 radical (unpaired) electrons. The van der Waals surface area contributed by atoms with E-state index in [1.165, 1.54) is 0 Å². The summed E-state index contributed by atoms with van der Waals surface area (Å²) in [4.78, 5) is 4.78. The molecule has 0 aromatic heterocycles. The van der Waals surface area contributed by atoms with E-state index in [1.807, 2.05) is 0 Å². The minimum absolute atomic E-state index is 0.248. The van der Waals surface area contributed by atoms with E-state index in [4.69, 9.17) is 0 Å². The second-order valence-corrected chi connectivity index (χ2v) is 5.89. The van der Waals surface area contributed by atoms with Crippen LogP contribution in [-0.2, 0) is 0 Å². The van der Waals surface area contributed by atoms with Crippen LogP contribution in [0.25, 0.3) is 0 Å². The first-order valence-corrected chi connectivity index (χ1v) is 6.93. The van der Waals surface area contributed by atoms with Gasteiger partial charge in [0.15, 0.2) is 0 Å². The maximum Gasteiger partial charge on any atom is 0.389 e. The molecule has 2 fully saturated rings. The third-order valence-corrected chi connectivity index (χ3v) is 4.27. The first kappa shape index (κ1) is 14.1. The van der Waals surface area contributed by atoms with Crippen molar-refractivity contribution in [3.8, 4) is 0 Å². The smallest absolute Gasteiger partial charge is 0.298 e. The van der Waals surface area contributed by atoms with Crippen molar-refractivity contribution in [1.82, 2.24) is 9.80 Å². The molecule has 0 aromatic rings. The number of fused-ring (bicyclic) bond motifs is 2. The number of piperazine rings is 1. The van der Waals surface area contributed by atoms with Gasteiger partial charge in [-0.15, -0.1) is 0 Å². The lowest BCUT2D eigenvalue weighted by atomic mass is 10.1. The lowest BCUT2D eigenvalue weighted by Gasteiger charge is -2.42. The molecule has 0 spiro atoms. The molecule has 106 valence electrons. The molecule has 2 rings (SSSR count). The lowest BCUT2D eigenvalue weighted by molar-refractivity contribution is -0.136. The Morgan fingerprint density at radius 2 is 1.67 bits per heavy atom. The predicted octanol–water partition coefficient (Wildman–Crippen LogP) is 2.89. The Balaban J connectivity index is 1.82. The molecule has 18 heavy (non-hydrogen) atoms. The van der Waals surface area contributed by atoms with Gasteiger partial charge in [0.1, 0.15) is 0 Å². The first-order valence-electron chi connectivity index (χ1n) is 6.93. The van der Waals surface area contributed by atoms with Crippen LogP contribution in [-0.4, -0.2) is 53.7 Å². The number of rotatable bonds is 4. The minimum Gasteiger partial charge on any atom is -0.298 e. The molecule has 2 saturated heterocycles. The second-order valence-electron chi connectivity index (χ2n) is 5.89. The molecule has 0 N–H and O–H groups in total. The minimum atomic E-state index is -4.00. The van der Waals surface area contributed by atoms with Gasteiger partial charge in [-0.1, -0.05) is 0 Å². The van der Waals surface area contributed by atoms with Crippen molar-refractivity contribution < 1.29 is 13.2 Å². The van der Waals surface area contributed by atoms with Crippen molar-refractivity contribution in [2.75, 3.05) is 19.6 Å². The normalized spacial score (nSPS) is 30.3. The van der Waals surface area contributed by atoms with Crippen LogP contribution in [0, 0.1) is 0 Å². The molecule has 0 aromatic carbocycles. The standard InChI is InChI=1S/C13H23F3N2/c1-10(2)17-8-11-4-5-12(9-17)18(11)7-3-6-13(14,15)16/h10-12H,3-9H2,1-2H3. The number of hydrogen-bond acceptors (Lipinski definition) is 2. The zero-order valence-electron chi connectivity index (χ0n) is 11.2. The van der Waals surface area contributed by atoms with E-state index < -0.39 is 12.6 Å². The second kappa shape index (κ2) is 5.37. The summed E-state index contributed by atoms with van der Waals surface area (Å²) >= 11 is 0. The number of hydrogen-bond donors (Lipinski definition) is 0. The average molecular weight is 264 g/mol. The van der Waals surface area contributed by atoms with Crippen LogP contribution in [0.1, 0.15) is 39.5 Å². The fourth-order valence-electron chi connectivity index (χ4n) is 3.27. The van der Waals surface area contributed by atoms with Crippen molar-refractivity contribution >= 4 is 0 Å². The predicted molar refractivity (Wildman–Crippen MR) is 65.5 cm³/mol. The molecule has 0 aliphatic carbocycles. The van der Waals surface area contributed by atoms with Crippen molar-refractivity contribution in [2.24, 2.45) is 0 Å². The Morgan fingerprint density at radius 3 is 2.11 bits per heavy atom. The summed E-state index contributed by atoms with van der Waals surface area (Å²) in [5.74, 6) is 0. The molecular formula is C13H23F3N2. The van der Waals surface area contributed by atoms with E-state index in [0.717, 1.165) is 25.9 Å². The van der Waals surface area contributed by atoms with Crippen LogP contribution < -0.4 is 0 Å². The molecule has 2 aliphatic rings. The van der Waals surface area contributed by atoms with Gasteiger partial charge in [-0.2, -0.15) is 13.2 Å². The highest BCUT2D eigenvalue weighted by Gasteiger charge is 2.40. The summed E-state index contributed by atoms with van der Waals surface area (Å²) in [6, 6.07) is 1.52. The highest BCUT2D eigenvalue weighted by molar-refractivity contribution is 4.96. The van der Waals surface area contributed by atoms with Crippen LogP contribution >= 0.6 is 0 Å². The molecule has 0 saturated carbocycles. The van der Waals surface area contributed by atoms with Gasteiger partial charge in [-0.25, -0.2) is 0 Å². The van der Waals surface area contributed by atoms with Gasteiger partial charge in [0.2, 0.25) is 0 Å². The Bertz CT molecular complexity index is 264. The molecular weight excluding hydrogens is 241 g/mol. The molecule has 2 heterocycles. The Kier molecular flexibility index (Phi) is 4.22. The molecule has 2 atom stereocenters. The Labute approximate surface area is 107 Å². The summed E-state index contributed by atoms with van der Waals surface area (Å²) in [5.41, 5.74) is 0. The molecule has 5 heteroatoms. The fraction of sp³-hybridized carbons (Fsp3) is 1.00. The van der Waals surface area contributed by atoms with Gasteiger partial charge in [0.25, 0.3) is 0 Å². The van der Waals surface area contributed by atoms with E-state index >= 15 is 0 Å². The average Bonchev–Trinajstić information content (AvgIpc) is 2.48. The first-order chi connectivity index (χ1) is 8.37. The van der Waals surface area contributed by atoms with E-state index in [2.05, 4.69) is 23.6 Å². The van der Waals surface area contributed by atoms with Crippen molar-refractivity contribution in [2.45, 2.75) is 63.8 Å². The summed E-state index contributed by atoms with van der Waals surface area (Å²) in [7, 11) is 0.